The molecule has 5 heteroatoms. The van der Waals surface area contributed by atoms with Crippen molar-refractivity contribution in [1.82, 2.24) is 4.90 Å². The van der Waals surface area contributed by atoms with E-state index in [1.807, 2.05) is 13.8 Å². The van der Waals surface area contributed by atoms with Gasteiger partial charge >= 0.3 is 5.97 Å². The quantitative estimate of drug-likeness (QED) is 0.656. The van der Waals surface area contributed by atoms with Crippen molar-refractivity contribution in [3.63, 3.8) is 0 Å². The predicted octanol–water partition coefficient (Wildman–Crippen LogP) is 1.80. The second-order valence-corrected chi connectivity index (χ2v) is 5.58. The summed E-state index contributed by atoms with van der Waals surface area (Å²) in [6.45, 7) is 11.3. The molecule has 0 aromatic carbocycles. The molecule has 0 fully saturated rings. The van der Waals surface area contributed by atoms with Crippen LogP contribution in [0, 0.1) is 11.8 Å². The Balaban J connectivity index is 4.34. The van der Waals surface area contributed by atoms with Gasteiger partial charge in [-0.3, -0.25) is 9.59 Å². The number of nitrogens with zero attached hydrogens (tertiary/aromatic N) is 1. The van der Waals surface area contributed by atoms with Gasteiger partial charge in [0.05, 0.1) is 0 Å². The zero-order chi connectivity index (χ0) is 15.7. The van der Waals surface area contributed by atoms with Crippen molar-refractivity contribution < 1.29 is 14.3 Å². The minimum atomic E-state index is -0.722. The maximum Gasteiger partial charge on any atom is 0.306 e. The van der Waals surface area contributed by atoms with Crippen molar-refractivity contribution in [2.75, 3.05) is 19.6 Å². The van der Waals surface area contributed by atoms with Crippen molar-refractivity contribution in [2.24, 2.45) is 17.6 Å². The summed E-state index contributed by atoms with van der Waals surface area (Å²) in [5.74, 6) is 0.134. The Hall–Kier alpha value is -1.10. The number of nitrogens with two attached hydrogens (primary N) is 1. The first kappa shape index (κ1) is 18.9. The first-order valence-corrected chi connectivity index (χ1v) is 7.53. The molecular weight excluding hydrogens is 256 g/mol. The first-order chi connectivity index (χ1) is 9.35. The number of esters is 1. The molecule has 1 amide bonds. The van der Waals surface area contributed by atoms with Crippen molar-refractivity contribution in [3.05, 3.63) is 0 Å². The Morgan fingerprint density at radius 3 is 2.10 bits per heavy atom. The zero-order valence-corrected chi connectivity index (χ0v) is 13.5. The molecule has 0 aliphatic rings. The van der Waals surface area contributed by atoms with Crippen LogP contribution in [0.5, 0.6) is 0 Å². The zero-order valence-electron chi connectivity index (χ0n) is 13.5. The maximum atomic E-state index is 12.0. The molecule has 118 valence electrons. The second-order valence-electron chi connectivity index (χ2n) is 5.58. The normalized spacial score (nSPS) is 13.9. The van der Waals surface area contributed by atoms with E-state index < -0.39 is 6.10 Å². The number of carbonyl (C=O) groups excluding carboxylic acids is 2. The van der Waals surface area contributed by atoms with E-state index in [1.54, 1.807) is 11.8 Å². The summed E-state index contributed by atoms with van der Waals surface area (Å²) < 4.78 is 5.22. The van der Waals surface area contributed by atoms with Crippen molar-refractivity contribution in [1.29, 1.82) is 0 Å². The van der Waals surface area contributed by atoms with Crippen LogP contribution in [0.25, 0.3) is 0 Å². The molecular formula is C15H30N2O3. The average Bonchev–Trinajstić information content (AvgIpc) is 2.38. The van der Waals surface area contributed by atoms with Crippen LogP contribution >= 0.6 is 0 Å². The van der Waals surface area contributed by atoms with Crippen LogP contribution in [-0.2, 0) is 14.3 Å². The maximum absolute atomic E-state index is 12.0. The summed E-state index contributed by atoms with van der Waals surface area (Å²) in [5.41, 5.74) is 5.67. The molecule has 0 saturated carbocycles. The van der Waals surface area contributed by atoms with Crippen molar-refractivity contribution >= 4 is 11.9 Å². The third-order valence-corrected chi connectivity index (χ3v) is 3.32. The van der Waals surface area contributed by atoms with Crippen LogP contribution in [0.2, 0.25) is 0 Å². The van der Waals surface area contributed by atoms with E-state index >= 15 is 0 Å². The average molecular weight is 286 g/mol. The Morgan fingerprint density at radius 2 is 1.70 bits per heavy atom. The van der Waals surface area contributed by atoms with Gasteiger partial charge in [-0.15, -0.1) is 0 Å². The largest absolute Gasteiger partial charge is 0.453 e. The molecule has 20 heavy (non-hydrogen) atoms. The van der Waals surface area contributed by atoms with Crippen LogP contribution in [0.15, 0.2) is 0 Å². The van der Waals surface area contributed by atoms with E-state index in [0.29, 0.717) is 25.6 Å². The number of ether oxygens (including phenoxy) is 1. The number of hydrogen-bond acceptors (Lipinski definition) is 4. The minimum Gasteiger partial charge on any atom is -0.453 e. The van der Waals surface area contributed by atoms with Crippen molar-refractivity contribution in [3.8, 4) is 0 Å². The molecule has 0 radical (unpaired) electrons. The molecule has 0 aromatic heterocycles. The Bertz CT molecular complexity index is 301. The summed E-state index contributed by atoms with van der Waals surface area (Å²) in [6, 6.07) is 0. The van der Waals surface area contributed by atoms with E-state index in [0.717, 1.165) is 6.42 Å². The SMILES string of the molecule is CCN(CC)C(=O)[C@H](C)OC(=O)C[C@@H](CN)CC(C)C. The number of likely N-dealkylation sites (N-methyl/N-ethyl adjacent to an activating group) is 1. The molecule has 0 rings (SSSR count). The molecule has 0 spiro atoms. The predicted molar refractivity (Wildman–Crippen MR) is 80.1 cm³/mol. The highest BCUT2D eigenvalue weighted by Gasteiger charge is 2.23. The minimum absolute atomic E-state index is 0.123. The number of hydrogen-bond donors (Lipinski definition) is 1. The lowest BCUT2D eigenvalue weighted by atomic mass is 9.94. The second kappa shape index (κ2) is 9.75. The molecule has 0 aliphatic heterocycles. The van der Waals surface area contributed by atoms with Crippen LogP contribution in [0.1, 0.15) is 47.5 Å². The summed E-state index contributed by atoms with van der Waals surface area (Å²) in [4.78, 5) is 25.5. The highest BCUT2D eigenvalue weighted by atomic mass is 16.5. The Kier molecular flexibility index (Phi) is 9.21. The van der Waals surface area contributed by atoms with Gasteiger partial charge in [0.2, 0.25) is 0 Å². The highest BCUT2D eigenvalue weighted by molar-refractivity contribution is 5.83. The summed E-state index contributed by atoms with van der Waals surface area (Å²) in [6.07, 6.45) is 0.453. The van der Waals surface area contributed by atoms with Gasteiger partial charge in [-0.05, 0) is 45.6 Å². The van der Waals surface area contributed by atoms with Gasteiger partial charge in [-0.2, -0.15) is 0 Å². The molecule has 2 atom stereocenters. The van der Waals surface area contributed by atoms with E-state index in [9.17, 15) is 9.59 Å². The third-order valence-electron chi connectivity index (χ3n) is 3.32. The van der Waals surface area contributed by atoms with Crippen molar-refractivity contribution in [2.45, 2.75) is 53.6 Å². The summed E-state index contributed by atoms with van der Waals surface area (Å²) in [5, 5.41) is 0. The van der Waals surface area contributed by atoms with Gasteiger partial charge in [0.15, 0.2) is 6.10 Å². The fourth-order valence-corrected chi connectivity index (χ4v) is 2.25. The number of rotatable bonds is 9. The number of amides is 1. The lowest BCUT2D eigenvalue weighted by molar-refractivity contribution is -0.159. The van der Waals surface area contributed by atoms with E-state index in [-0.39, 0.29) is 24.2 Å². The fraction of sp³-hybridized carbons (Fsp3) is 0.867. The van der Waals surface area contributed by atoms with Crippen LogP contribution < -0.4 is 5.73 Å². The van der Waals surface area contributed by atoms with E-state index in [4.69, 9.17) is 10.5 Å². The molecule has 2 N–H and O–H groups in total. The molecule has 0 bridgehead atoms. The summed E-state index contributed by atoms with van der Waals surface area (Å²) in [7, 11) is 0. The van der Waals surface area contributed by atoms with Gasteiger partial charge in [0.1, 0.15) is 0 Å². The lowest BCUT2D eigenvalue weighted by Crippen LogP contribution is -2.40. The Labute approximate surface area is 122 Å². The van der Waals surface area contributed by atoms with Crippen LogP contribution in [0.3, 0.4) is 0 Å². The van der Waals surface area contributed by atoms with Crippen LogP contribution in [-0.4, -0.2) is 42.5 Å². The third kappa shape index (κ3) is 6.89. The van der Waals surface area contributed by atoms with Gasteiger partial charge < -0.3 is 15.4 Å². The smallest absolute Gasteiger partial charge is 0.306 e. The van der Waals surface area contributed by atoms with E-state index in [2.05, 4.69) is 13.8 Å². The molecule has 0 heterocycles. The fourth-order valence-electron chi connectivity index (χ4n) is 2.25. The van der Waals surface area contributed by atoms with Crippen LogP contribution in [0.4, 0.5) is 0 Å². The number of carbonyl (C=O) groups is 2. The van der Waals surface area contributed by atoms with Gasteiger partial charge in [0.25, 0.3) is 5.91 Å². The molecule has 0 aromatic rings. The first-order valence-electron chi connectivity index (χ1n) is 7.53. The van der Waals surface area contributed by atoms with E-state index in [1.165, 1.54) is 0 Å². The Morgan fingerprint density at radius 1 is 1.15 bits per heavy atom. The standard InChI is InChI=1S/C15H30N2O3/c1-6-17(7-2)15(19)12(5)20-14(18)9-13(10-16)8-11(3)4/h11-13H,6-10,16H2,1-5H3/t12-,13-/m0/s1. The lowest BCUT2D eigenvalue weighted by Gasteiger charge is -2.23. The summed E-state index contributed by atoms with van der Waals surface area (Å²) >= 11 is 0. The monoisotopic (exact) mass is 286 g/mol. The van der Waals surface area contributed by atoms with Gasteiger partial charge in [0, 0.05) is 19.5 Å². The highest BCUT2D eigenvalue weighted by Crippen LogP contribution is 2.15. The molecule has 0 saturated heterocycles. The van der Waals surface area contributed by atoms with Gasteiger partial charge in [-0.1, -0.05) is 13.8 Å². The molecule has 5 nitrogen and oxygen atoms in total. The molecule has 0 unspecified atom stereocenters. The topological polar surface area (TPSA) is 72.6 Å². The van der Waals surface area contributed by atoms with Gasteiger partial charge in [-0.25, -0.2) is 0 Å². The molecule has 0 aliphatic carbocycles.